The zero-order valence-electron chi connectivity index (χ0n) is 14.6. The quantitative estimate of drug-likeness (QED) is 0.850. The van der Waals surface area contributed by atoms with Crippen molar-refractivity contribution < 1.29 is 13.2 Å². The second-order valence-corrected chi connectivity index (χ2v) is 9.38. The van der Waals surface area contributed by atoms with E-state index in [1.165, 1.54) is 11.1 Å². The largest absolute Gasteiger partial charge is 0.372 e. The van der Waals surface area contributed by atoms with Gasteiger partial charge in [-0.2, -0.15) is 0 Å². The number of nitrogens with one attached hydrogen (secondary N) is 1. The second-order valence-electron chi connectivity index (χ2n) is 7.28. The Labute approximate surface area is 145 Å². The average Bonchev–Trinajstić information content (AvgIpc) is 2.53. The summed E-state index contributed by atoms with van der Waals surface area (Å²) in [5, 5.41) is 0. The van der Waals surface area contributed by atoms with Crippen molar-refractivity contribution in [2.45, 2.75) is 38.8 Å². The smallest absolute Gasteiger partial charge is 0.211 e. The molecule has 2 aliphatic rings. The van der Waals surface area contributed by atoms with Crippen molar-refractivity contribution in [3.05, 3.63) is 35.4 Å². The summed E-state index contributed by atoms with van der Waals surface area (Å²) >= 11 is 0. The molecule has 24 heavy (non-hydrogen) atoms. The third kappa shape index (κ3) is 4.36. The van der Waals surface area contributed by atoms with Crippen LogP contribution in [0.4, 0.5) is 0 Å². The van der Waals surface area contributed by atoms with Crippen LogP contribution in [0.1, 0.15) is 30.9 Å². The van der Waals surface area contributed by atoms with E-state index in [2.05, 4.69) is 40.8 Å². The highest BCUT2D eigenvalue weighted by molar-refractivity contribution is 7.89. The highest BCUT2D eigenvalue weighted by Crippen LogP contribution is 2.36. The summed E-state index contributed by atoms with van der Waals surface area (Å²) in [6, 6.07) is 8.65. The predicted octanol–water partition coefficient (Wildman–Crippen LogP) is 1.92. The van der Waals surface area contributed by atoms with E-state index in [0.29, 0.717) is 19.1 Å². The summed E-state index contributed by atoms with van der Waals surface area (Å²) in [6.07, 6.45) is 2.06. The summed E-state index contributed by atoms with van der Waals surface area (Å²) in [5.74, 6) is 0.432. The molecular weight excluding hydrogens is 324 g/mol. The highest BCUT2D eigenvalue weighted by Gasteiger charge is 2.46. The fraction of sp³-hybridized carbons (Fsp3) is 0.667. The van der Waals surface area contributed by atoms with Gasteiger partial charge in [0.1, 0.15) is 0 Å². The SMILES string of the molecule is CCS(=O)(=O)NC[C@@H]1CCC2(CN(Cc3cccc(C)c3)C2)OC1. The van der Waals surface area contributed by atoms with Gasteiger partial charge in [-0.05, 0) is 38.2 Å². The van der Waals surface area contributed by atoms with Crippen molar-refractivity contribution in [1.29, 1.82) is 0 Å². The number of hydrogen-bond donors (Lipinski definition) is 1. The molecule has 0 saturated carbocycles. The van der Waals surface area contributed by atoms with Crippen molar-refractivity contribution >= 4 is 10.0 Å². The topological polar surface area (TPSA) is 58.6 Å². The lowest BCUT2D eigenvalue weighted by atomic mass is 9.83. The number of rotatable bonds is 6. The van der Waals surface area contributed by atoms with Crippen LogP contribution in [0, 0.1) is 12.8 Å². The molecule has 1 spiro atoms. The fourth-order valence-electron chi connectivity index (χ4n) is 3.62. The Balaban J connectivity index is 1.42. The molecule has 0 aromatic heterocycles. The second kappa shape index (κ2) is 7.12. The lowest BCUT2D eigenvalue weighted by Crippen LogP contribution is -2.64. The van der Waals surface area contributed by atoms with Crippen molar-refractivity contribution in [2.75, 3.05) is 32.0 Å². The van der Waals surface area contributed by atoms with Gasteiger partial charge in [-0.15, -0.1) is 0 Å². The third-order valence-corrected chi connectivity index (χ3v) is 6.48. The molecule has 1 atom stereocenters. The summed E-state index contributed by atoms with van der Waals surface area (Å²) in [4.78, 5) is 2.43. The molecule has 0 radical (unpaired) electrons. The maximum absolute atomic E-state index is 11.5. The van der Waals surface area contributed by atoms with Gasteiger partial charge in [0.25, 0.3) is 0 Å². The first-order chi connectivity index (χ1) is 11.4. The van der Waals surface area contributed by atoms with Crippen molar-refractivity contribution in [3.8, 4) is 0 Å². The van der Waals surface area contributed by atoms with Crippen molar-refractivity contribution in [1.82, 2.24) is 9.62 Å². The number of hydrogen-bond acceptors (Lipinski definition) is 4. The number of benzene rings is 1. The van der Waals surface area contributed by atoms with Crippen LogP contribution in [0.15, 0.2) is 24.3 Å². The minimum atomic E-state index is -3.10. The van der Waals surface area contributed by atoms with Gasteiger partial charge >= 0.3 is 0 Å². The Bertz CT molecular complexity index is 659. The standard InChI is InChI=1S/C18H28N2O3S/c1-3-24(21,22)19-10-17-7-8-18(23-12-17)13-20(14-18)11-16-6-4-5-15(2)9-16/h4-6,9,17,19H,3,7-8,10-14H2,1-2H3/t17-/m0/s1. The van der Waals surface area contributed by atoms with Crippen LogP contribution in [-0.4, -0.2) is 50.9 Å². The maximum atomic E-state index is 11.5. The molecule has 0 unspecified atom stereocenters. The number of likely N-dealkylation sites (tertiary alicyclic amines) is 1. The normalized spacial score (nSPS) is 24.0. The van der Waals surface area contributed by atoms with Gasteiger partial charge in [0, 0.05) is 26.2 Å². The molecule has 134 valence electrons. The molecule has 5 nitrogen and oxygen atoms in total. The first-order valence-electron chi connectivity index (χ1n) is 8.79. The Kier molecular flexibility index (Phi) is 5.30. The van der Waals surface area contributed by atoms with E-state index >= 15 is 0 Å². The van der Waals surface area contributed by atoms with Gasteiger partial charge in [0.15, 0.2) is 0 Å². The van der Waals surface area contributed by atoms with E-state index in [1.807, 2.05) is 0 Å². The molecule has 0 amide bonds. The van der Waals surface area contributed by atoms with Crippen LogP contribution < -0.4 is 4.72 Å². The van der Waals surface area contributed by atoms with Crippen molar-refractivity contribution in [3.63, 3.8) is 0 Å². The van der Waals surface area contributed by atoms with Crippen LogP contribution in [0.3, 0.4) is 0 Å². The van der Waals surface area contributed by atoms with E-state index in [-0.39, 0.29) is 11.4 Å². The van der Waals surface area contributed by atoms with E-state index in [4.69, 9.17) is 4.74 Å². The van der Waals surface area contributed by atoms with Crippen LogP contribution in [-0.2, 0) is 21.3 Å². The number of ether oxygens (including phenoxy) is 1. The van der Waals surface area contributed by atoms with E-state index in [1.54, 1.807) is 6.92 Å². The molecule has 2 aliphatic heterocycles. The van der Waals surface area contributed by atoms with E-state index in [9.17, 15) is 8.42 Å². The molecular formula is C18H28N2O3S. The van der Waals surface area contributed by atoms with E-state index in [0.717, 1.165) is 32.5 Å². The zero-order valence-corrected chi connectivity index (χ0v) is 15.4. The molecule has 0 bridgehead atoms. The Morgan fingerprint density at radius 3 is 2.79 bits per heavy atom. The molecule has 2 heterocycles. The first kappa shape index (κ1) is 17.9. The van der Waals surface area contributed by atoms with Gasteiger partial charge in [0.05, 0.1) is 18.0 Å². The number of aryl methyl sites for hydroxylation is 1. The minimum absolute atomic E-state index is 0.00392. The van der Waals surface area contributed by atoms with Gasteiger partial charge < -0.3 is 4.74 Å². The minimum Gasteiger partial charge on any atom is -0.372 e. The summed E-state index contributed by atoms with van der Waals surface area (Å²) in [6.45, 7) is 7.88. The van der Waals surface area contributed by atoms with E-state index < -0.39 is 10.0 Å². The Morgan fingerprint density at radius 2 is 2.17 bits per heavy atom. The lowest BCUT2D eigenvalue weighted by molar-refractivity contribution is -0.181. The third-order valence-electron chi connectivity index (χ3n) is 5.12. The van der Waals surface area contributed by atoms with Gasteiger partial charge in [-0.1, -0.05) is 29.8 Å². The van der Waals surface area contributed by atoms with Crippen molar-refractivity contribution in [2.24, 2.45) is 5.92 Å². The average molecular weight is 353 g/mol. The van der Waals surface area contributed by atoms with Crippen LogP contribution in [0.5, 0.6) is 0 Å². The number of nitrogens with zero attached hydrogens (tertiary/aromatic N) is 1. The summed E-state index contributed by atoms with van der Waals surface area (Å²) < 4.78 is 31.8. The molecule has 6 heteroatoms. The van der Waals surface area contributed by atoms with Crippen LogP contribution >= 0.6 is 0 Å². The Morgan fingerprint density at radius 1 is 1.38 bits per heavy atom. The molecule has 1 aromatic rings. The monoisotopic (exact) mass is 352 g/mol. The van der Waals surface area contributed by atoms with Gasteiger partial charge in [-0.25, -0.2) is 13.1 Å². The summed E-state index contributed by atoms with van der Waals surface area (Å²) in [5.41, 5.74) is 2.66. The van der Waals surface area contributed by atoms with Gasteiger partial charge in [-0.3, -0.25) is 4.90 Å². The van der Waals surface area contributed by atoms with Gasteiger partial charge in [0.2, 0.25) is 10.0 Å². The molecule has 0 aliphatic carbocycles. The maximum Gasteiger partial charge on any atom is 0.211 e. The van der Waals surface area contributed by atoms with Crippen LogP contribution in [0.2, 0.25) is 0 Å². The lowest BCUT2D eigenvalue weighted by Gasteiger charge is -2.53. The zero-order chi connectivity index (χ0) is 17.2. The molecule has 2 fully saturated rings. The number of sulfonamides is 1. The molecule has 1 N–H and O–H groups in total. The molecule has 2 saturated heterocycles. The van der Waals surface area contributed by atoms with Crippen LogP contribution in [0.25, 0.3) is 0 Å². The Hall–Kier alpha value is -0.950. The predicted molar refractivity (Wildman–Crippen MR) is 95.3 cm³/mol. The highest BCUT2D eigenvalue weighted by atomic mass is 32.2. The first-order valence-corrected chi connectivity index (χ1v) is 10.4. The molecule has 1 aromatic carbocycles. The summed E-state index contributed by atoms with van der Waals surface area (Å²) in [7, 11) is -3.10. The fourth-order valence-corrected chi connectivity index (χ4v) is 4.32. The molecule has 3 rings (SSSR count).